The van der Waals surface area contributed by atoms with Gasteiger partial charge in [-0.15, -0.1) is 0 Å². The minimum Gasteiger partial charge on any atom is -0.497 e. The van der Waals surface area contributed by atoms with E-state index in [1.165, 1.54) is 21.9 Å². The second-order valence-corrected chi connectivity index (χ2v) is 8.94. The van der Waals surface area contributed by atoms with Gasteiger partial charge < -0.3 is 15.0 Å². The van der Waals surface area contributed by atoms with E-state index in [1.54, 1.807) is 7.11 Å². The third-order valence-electron chi connectivity index (χ3n) is 7.56. The summed E-state index contributed by atoms with van der Waals surface area (Å²) in [5, 5.41) is 5.88. The van der Waals surface area contributed by atoms with Crippen molar-refractivity contribution in [1.29, 1.82) is 0 Å². The number of rotatable bonds is 3. The molecule has 3 aliphatic rings. The quantitative estimate of drug-likeness (QED) is 0.708. The summed E-state index contributed by atoms with van der Waals surface area (Å²) in [4.78, 5) is 17.9. The van der Waals surface area contributed by atoms with Crippen molar-refractivity contribution >= 4 is 22.4 Å². The fraction of sp³-hybridized carbons (Fsp3) is 0.346. The van der Waals surface area contributed by atoms with E-state index in [9.17, 15) is 4.79 Å². The smallest absolute Gasteiger partial charge is 0.247 e. The maximum absolute atomic E-state index is 13.0. The highest BCUT2D eigenvalue weighted by molar-refractivity contribution is 5.94. The van der Waals surface area contributed by atoms with Crippen LogP contribution >= 0.6 is 0 Å². The molecule has 2 aliphatic heterocycles. The first kappa shape index (κ1) is 18.7. The number of hydrogen-bond donors (Lipinski definition) is 1. The molecule has 0 saturated carbocycles. The average Bonchev–Trinajstić information content (AvgIpc) is 3.34. The molecule has 1 aliphatic carbocycles. The molecule has 31 heavy (non-hydrogen) atoms. The number of amides is 1. The number of ether oxygens (including phenoxy) is 1. The Hall–Kier alpha value is -3.05. The summed E-state index contributed by atoms with van der Waals surface area (Å²) in [5.74, 6) is 0.980. The molecule has 0 bridgehead atoms. The Balaban J connectivity index is 1.27. The molecule has 1 spiro atoms. The highest BCUT2D eigenvalue weighted by Crippen LogP contribution is 2.44. The van der Waals surface area contributed by atoms with Crippen molar-refractivity contribution in [3.63, 3.8) is 0 Å². The normalized spacial score (nSPS) is 22.3. The van der Waals surface area contributed by atoms with Gasteiger partial charge in [0, 0.05) is 30.9 Å². The molecular weight excluding hydrogens is 386 g/mol. The monoisotopic (exact) mass is 413 g/mol. The van der Waals surface area contributed by atoms with E-state index in [0.29, 0.717) is 12.7 Å². The molecule has 2 heterocycles. The van der Waals surface area contributed by atoms with Crippen LogP contribution in [0.4, 0.5) is 5.69 Å². The summed E-state index contributed by atoms with van der Waals surface area (Å²) in [6.45, 7) is 2.39. The van der Waals surface area contributed by atoms with Gasteiger partial charge in [0.1, 0.15) is 11.3 Å². The SMILES string of the molecule is COc1cccc(N2CNC(=O)C23CCN(C2Cc4cccc5cccc2c45)CC3)c1. The molecule has 6 rings (SSSR count). The predicted molar refractivity (Wildman–Crippen MR) is 122 cm³/mol. The van der Waals surface area contributed by atoms with E-state index in [-0.39, 0.29) is 5.91 Å². The summed E-state index contributed by atoms with van der Waals surface area (Å²) >= 11 is 0. The van der Waals surface area contributed by atoms with Gasteiger partial charge in [0.05, 0.1) is 13.8 Å². The molecule has 3 aromatic carbocycles. The lowest BCUT2D eigenvalue weighted by Crippen LogP contribution is -2.56. The number of carbonyl (C=O) groups is 1. The standard InChI is InChI=1S/C26H27N3O2/c1-31-21-9-4-8-20(16-21)29-17-27-25(30)26(29)11-13-28(14-12-26)23-15-19-7-2-5-18-6-3-10-22(23)24(18)19/h2-10,16,23H,11-15,17H2,1H3,(H,27,30). The lowest BCUT2D eigenvalue weighted by Gasteiger charge is -2.45. The third-order valence-corrected chi connectivity index (χ3v) is 7.56. The fourth-order valence-corrected chi connectivity index (χ4v) is 5.95. The Morgan fingerprint density at radius 3 is 2.61 bits per heavy atom. The van der Waals surface area contributed by atoms with Crippen molar-refractivity contribution in [2.45, 2.75) is 30.8 Å². The molecule has 3 aromatic rings. The number of likely N-dealkylation sites (tertiary alicyclic amines) is 1. The number of anilines is 1. The molecule has 2 fully saturated rings. The van der Waals surface area contributed by atoms with Crippen LogP contribution in [0.3, 0.4) is 0 Å². The van der Waals surface area contributed by atoms with Gasteiger partial charge in [0.15, 0.2) is 0 Å². The van der Waals surface area contributed by atoms with Crippen molar-refractivity contribution in [1.82, 2.24) is 10.2 Å². The van der Waals surface area contributed by atoms with Crippen LogP contribution in [-0.2, 0) is 11.2 Å². The van der Waals surface area contributed by atoms with E-state index in [1.807, 2.05) is 18.2 Å². The van der Waals surface area contributed by atoms with Gasteiger partial charge in [-0.2, -0.15) is 0 Å². The van der Waals surface area contributed by atoms with Gasteiger partial charge in [0.2, 0.25) is 5.91 Å². The Morgan fingerprint density at radius 2 is 1.81 bits per heavy atom. The Bertz CT molecular complexity index is 1160. The summed E-state index contributed by atoms with van der Waals surface area (Å²) in [6, 6.07) is 21.8. The van der Waals surface area contributed by atoms with E-state index in [4.69, 9.17) is 4.74 Å². The molecule has 5 nitrogen and oxygen atoms in total. The van der Waals surface area contributed by atoms with Crippen molar-refractivity contribution in [3.8, 4) is 5.75 Å². The predicted octanol–water partition coefficient (Wildman–Crippen LogP) is 3.87. The Morgan fingerprint density at radius 1 is 1.03 bits per heavy atom. The Kier molecular flexibility index (Phi) is 4.22. The fourth-order valence-electron chi connectivity index (χ4n) is 5.95. The molecule has 158 valence electrons. The topological polar surface area (TPSA) is 44.8 Å². The molecule has 1 atom stereocenters. The summed E-state index contributed by atoms with van der Waals surface area (Å²) in [5.41, 5.74) is 3.48. The van der Waals surface area contributed by atoms with E-state index in [0.717, 1.165) is 43.8 Å². The van der Waals surface area contributed by atoms with Crippen LogP contribution in [0, 0.1) is 0 Å². The zero-order valence-electron chi connectivity index (χ0n) is 17.8. The second kappa shape index (κ2) is 6.99. The first-order valence-electron chi connectivity index (χ1n) is 11.1. The van der Waals surface area contributed by atoms with Crippen LogP contribution in [0.1, 0.15) is 30.0 Å². The van der Waals surface area contributed by atoms with Crippen molar-refractivity contribution in [3.05, 3.63) is 71.8 Å². The maximum atomic E-state index is 13.0. The molecular formula is C26H27N3O2. The third kappa shape index (κ3) is 2.76. The first-order chi connectivity index (χ1) is 15.2. The molecule has 1 unspecified atom stereocenters. The molecule has 0 radical (unpaired) electrons. The van der Waals surface area contributed by atoms with E-state index in [2.05, 4.69) is 57.6 Å². The van der Waals surface area contributed by atoms with Crippen LogP contribution < -0.4 is 15.0 Å². The molecule has 1 N–H and O–H groups in total. The number of nitrogens with one attached hydrogen (secondary N) is 1. The van der Waals surface area contributed by atoms with Crippen molar-refractivity contribution in [2.75, 3.05) is 31.8 Å². The molecule has 0 aromatic heterocycles. The van der Waals surface area contributed by atoms with Crippen LogP contribution in [0.2, 0.25) is 0 Å². The summed E-state index contributed by atoms with van der Waals surface area (Å²) in [6.07, 6.45) is 2.73. The molecule has 5 heteroatoms. The van der Waals surface area contributed by atoms with Gasteiger partial charge in [0.25, 0.3) is 0 Å². The number of piperidine rings is 1. The second-order valence-electron chi connectivity index (χ2n) is 8.94. The van der Waals surface area contributed by atoms with Gasteiger partial charge in [-0.25, -0.2) is 0 Å². The zero-order chi connectivity index (χ0) is 21.0. The minimum atomic E-state index is -0.472. The minimum absolute atomic E-state index is 0.159. The number of methoxy groups -OCH3 is 1. The first-order valence-corrected chi connectivity index (χ1v) is 11.1. The number of carbonyl (C=O) groups excluding carboxylic acids is 1. The largest absolute Gasteiger partial charge is 0.497 e. The van der Waals surface area contributed by atoms with Gasteiger partial charge in [-0.1, -0.05) is 42.5 Å². The van der Waals surface area contributed by atoms with Crippen LogP contribution in [-0.4, -0.2) is 43.2 Å². The zero-order valence-corrected chi connectivity index (χ0v) is 17.8. The van der Waals surface area contributed by atoms with Crippen LogP contribution in [0.5, 0.6) is 5.75 Å². The highest BCUT2D eigenvalue weighted by Gasteiger charge is 2.51. The van der Waals surface area contributed by atoms with E-state index < -0.39 is 5.54 Å². The molecule has 1 amide bonds. The number of hydrogen-bond acceptors (Lipinski definition) is 4. The number of benzene rings is 3. The van der Waals surface area contributed by atoms with Crippen molar-refractivity contribution in [2.24, 2.45) is 0 Å². The van der Waals surface area contributed by atoms with Crippen LogP contribution in [0.25, 0.3) is 10.8 Å². The van der Waals surface area contributed by atoms with Gasteiger partial charge >= 0.3 is 0 Å². The van der Waals surface area contributed by atoms with E-state index >= 15 is 0 Å². The summed E-state index contributed by atoms with van der Waals surface area (Å²) in [7, 11) is 1.68. The lowest BCUT2D eigenvalue weighted by molar-refractivity contribution is -0.125. The number of nitrogens with zero attached hydrogens (tertiary/aromatic N) is 2. The van der Waals surface area contributed by atoms with Gasteiger partial charge in [-0.05, 0) is 53.3 Å². The van der Waals surface area contributed by atoms with Crippen molar-refractivity contribution < 1.29 is 9.53 Å². The Labute approximate surface area is 182 Å². The maximum Gasteiger partial charge on any atom is 0.247 e. The molecule has 2 saturated heterocycles. The average molecular weight is 414 g/mol. The lowest BCUT2D eigenvalue weighted by atomic mass is 9.84. The van der Waals surface area contributed by atoms with Crippen LogP contribution in [0.15, 0.2) is 60.7 Å². The summed E-state index contributed by atoms with van der Waals surface area (Å²) < 4.78 is 5.42. The highest BCUT2D eigenvalue weighted by atomic mass is 16.5. The van der Waals surface area contributed by atoms with Gasteiger partial charge in [-0.3, -0.25) is 9.69 Å².